The molecule has 0 saturated heterocycles. The second-order valence-electron chi connectivity index (χ2n) is 6.81. The number of ether oxygens (including phenoxy) is 2. The van der Waals surface area contributed by atoms with Crippen LogP contribution in [0.2, 0.25) is 0 Å². The first-order valence-corrected chi connectivity index (χ1v) is 13.1. The van der Waals surface area contributed by atoms with Crippen LogP contribution in [0.5, 0.6) is 0 Å². The number of carbonyl (C=O) groups excluding carboxylic acids is 1. The Morgan fingerprint density at radius 3 is 1.75 bits per heavy atom. The summed E-state index contributed by atoms with van der Waals surface area (Å²) in [5.74, 6) is 0.739. The monoisotopic (exact) mass is 498 g/mol. The van der Waals surface area contributed by atoms with Gasteiger partial charge in [0.1, 0.15) is 18.1 Å². The van der Waals surface area contributed by atoms with Crippen LogP contribution in [0.15, 0.2) is 109 Å². The van der Waals surface area contributed by atoms with Crippen LogP contribution in [0.4, 0.5) is 0 Å². The molecule has 0 radical (unpaired) electrons. The Morgan fingerprint density at radius 2 is 1.33 bits per heavy atom. The summed E-state index contributed by atoms with van der Waals surface area (Å²) in [5.41, 5.74) is 1.53. The van der Waals surface area contributed by atoms with E-state index in [1.807, 2.05) is 119 Å². The average molecular weight is 499 g/mol. The van der Waals surface area contributed by atoms with Crippen molar-refractivity contribution in [3.8, 4) is 0 Å². The van der Waals surface area contributed by atoms with Crippen molar-refractivity contribution >= 4 is 5.97 Å². The molecule has 204 valence electrons. The largest absolute Gasteiger partial charge is 0.460 e. The number of rotatable bonds is 13. The van der Waals surface area contributed by atoms with Gasteiger partial charge in [0, 0.05) is 0 Å². The van der Waals surface area contributed by atoms with Crippen molar-refractivity contribution in [2.75, 3.05) is 6.61 Å². The van der Waals surface area contributed by atoms with Crippen molar-refractivity contribution in [3.63, 3.8) is 0 Å². The van der Waals surface area contributed by atoms with Gasteiger partial charge in [-0.2, -0.15) is 0 Å². The highest BCUT2D eigenvalue weighted by molar-refractivity contribution is 5.77. The molecule has 0 aliphatic carbocycles. The zero-order chi connectivity index (χ0) is 28.9. The van der Waals surface area contributed by atoms with E-state index in [4.69, 9.17) is 9.47 Å². The van der Waals surface area contributed by atoms with E-state index in [9.17, 15) is 4.79 Å². The molecule has 0 aromatic rings. The molecule has 0 N–H and O–H groups in total. The Hall–Kier alpha value is -3.07. The molecule has 0 aromatic heterocycles. The molecule has 1 unspecified atom stereocenters. The van der Waals surface area contributed by atoms with Gasteiger partial charge in [-0.1, -0.05) is 118 Å². The van der Waals surface area contributed by atoms with Crippen LogP contribution in [0.25, 0.3) is 0 Å². The number of hydrogen-bond acceptors (Lipinski definition) is 3. The molecule has 0 fully saturated rings. The third-order valence-corrected chi connectivity index (χ3v) is 4.03. The molecule has 0 spiro atoms. The summed E-state index contributed by atoms with van der Waals surface area (Å²) in [5, 5.41) is 0. The predicted octanol–water partition coefficient (Wildman–Crippen LogP) is 10.2. The highest BCUT2D eigenvalue weighted by Gasteiger charge is 2.26. The van der Waals surface area contributed by atoms with Gasteiger partial charge in [0.05, 0.1) is 5.92 Å². The minimum Gasteiger partial charge on any atom is -0.460 e. The van der Waals surface area contributed by atoms with Gasteiger partial charge in [-0.25, -0.2) is 0 Å². The molecule has 0 amide bonds. The van der Waals surface area contributed by atoms with E-state index in [2.05, 4.69) is 19.7 Å². The maximum atomic E-state index is 12.7. The standard InChI is InChI=1S/C27H36O3.3C2H6/c1-9-14-17-23(12-4)26(21(6)7)27(28)29-20-22(8)19-25(16-11-3)30-24(13-5)18-15-10-2;3*1-2/h9-19,21,26H,1-2,8,20H2,3-7H3;3*1-2H3/b16-11-,17-14-,18-15-,23-12+,24-13+,25-19+;;;. The quantitative estimate of drug-likeness (QED) is 0.144. The Kier molecular flexibility index (Phi) is 33.4. The molecule has 1 atom stereocenters. The van der Waals surface area contributed by atoms with Crippen LogP contribution < -0.4 is 0 Å². The molecule has 3 heteroatoms. The Bertz CT molecular complexity index is 769. The normalized spacial score (nSPS) is 12.6. The number of allylic oxidation sites excluding steroid dienone is 10. The van der Waals surface area contributed by atoms with E-state index in [-0.39, 0.29) is 24.4 Å². The van der Waals surface area contributed by atoms with Crippen molar-refractivity contribution in [1.29, 1.82) is 0 Å². The number of hydrogen-bond donors (Lipinski definition) is 0. The summed E-state index contributed by atoms with van der Waals surface area (Å²) in [6.45, 7) is 33.1. The summed E-state index contributed by atoms with van der Waals surface area (Å²) in [7, 11) is 0. The average Bonchev–Trinajstić information content (AvgIpc) is 2.90. The lowest BCUT2D eigenvalue weighted by Crippen LogP contribution is -2.25. The second kappa shape index (κ2) is 30.0. The van der Waals surface area contributed by atoms with Crippen LogP contribution in [0, 0.1) is 11.8 Å². The van der Waals surface area contributed by atoms with E-state index in [1.54, 1.807) is 24.3 Å². The SMILES string of the molecule is C=C/C=C\C(=C/C)OC(/C=C\C)=C/C(=C)COC(=O)C(C(/C=C\C=C)=C/C)C(C)C.CC.CC.CC. The fraction of sp³-hybridized carbons (Fsp3) is 0.424. The van der Waals surface area contributed by atoms with Crippen molar-refractivity contribution in [3.05, 3.63) is 109 Å². The fourth-order valence-corrected chi connectivity index (χ4v) is 2.61. The van der Waals surface area contributed by atoms with Gasteiger partial charge < -0.3 is 9.47 Å². The minimum atomic E-state index is -0.354. The third kappa shape index (κ3) is 20.3. The van der Waals surface area contributed by atoms with Gasteiger partial charge in [0.2, 0.25) is 0 Å². The van der Waals surface area contributed by atoms with Gasteiger partial charge in [0.25, 0.3) is 0 Å². The first-order valence-electron chi connectivity index (χ1n) is 13.1. The van der Waals surface area contributed by atoms with Crippen LogP contribution in [-0.4, -0.2) is 12.6 Å². The molecule has 0 saturated carbocycles. The van der Waals surface area contributed by atoms with Gasteiger partial charge in [0.15, 0.2) is 0 Å². The zero-order valence-electron chi connectivity index (χ0n) is 25.1. The lowest BCUT2D eigenvalue weighted by atomic mass is 9.87. The summed E-state index contributed by atoms with van der Waals surface area (Å²) in [6.07, 6.45) is 19.9. The summed E-state index contributed by atoms with van der Waals surface area (Å²) in [4.78, 5) is 12.7. The van der Waals surface area contributed by atoms with Crippen molar-refractivity contribution < 1.29 is 14.3 Å². The molecule has 0 aromatic carbocycles. The molecule has 0 heterocycles. The van der Waals surface area contributed by atoms with E-state index in [0.29, 0.717) is 17.1 Å². The Morgan fingerprint density at radius 1 is 0.806 bits per heavy atom. The highest BCUT2D eigenvalue weighted by atomic mass is 16.5. The maximum absolute atomic E-state index is 12.7. The molecule has 0 rings (SSSR count). The topological polar surface area (TPSA) is 35.5 Å². The zero-order valence-corrected chi connectivity index (χ0v) is 25.1. The molecular formula is C33H54O3. The van der Waals surface area contributed by atoms with E-state index in [1.165, 1.54) is 0 Å². The smallest absolute Gasteiger partial charge is 0.313 e. The van der Waals surface area contributed by atoms with Gasteiger partial charge in [-0.05, 0) is 62.1 Å². The van der Waals surface area contributed by atoms with Gasteiger partial charge in [-0.15, -0.1) is 0 Å². The van der Waals surface area contributed by atoms with Crippen LogP contribution in [-0.2, 0) is 14.3 Å². The number of esters is 1. The first kappa shape index (κ1) is 40.1. The van der Waals surface area contributed by atoms with Gasteiger partial charge in [-0.3, -0.25) is 4.79 Å². The summed E-state index contributed by atoms with van der Waals surface area (Å²) >= 11 is 0. The first-order chi connectivity index (χ1) is 17.3. The molecule has 36 heavy (non-hydrogen) atoms. The third-order valence-electron chi connectivity index (χ3n) is 4.03. The van der Waals surface area contributed by atoms with Crippen LogP contribution in [0.3, 0.4) is 0 Å². The number of carbonyl (C=O) groups is 1. The summed E-state index contributed by atoms with van der Waals surface area (Å²) in [6, 6.07) is 0. The predicted molar refractivity (Wildman–Crippen MR) is 163 cm³/mol. The molecule has 0 aliphatic heterocycles. The Labute approximate surface area is 224 Å². The van der Waals surface area contributed by atoms with Crippen LogP contribution in [0.1, 0.15) is 76.2 Å². The van der Waals surface area contributed by atoms with E-state index < -0.39 is 0 Å². The highest BCUT2D eigenvalue weighted by Crippen LogP contribution is 2.24. The fourth-order valence-electron chi connectivity index (χ4n) is 2.61. The lowest BCUT2D eigenvalue weighted by Gasteiger charge is -2.21. The van der Waals surface area contributed by atoms with Crippen LogP contribution >= 0.6 is 0 Å². The van der Waals surface area contributed by atoms with Crippen molar-refractivity contribution in [1.82, 2.24) is 0 Å². The van der Waals surface area contributed by atoms with E-state index in [0.717, 1.165) is 5.57 Å². The lowest BCUT2D eigenvalue weighted by molar-refractivity contribution is -0.147. The maximum Gasteiger partial charge on any atom is 0.313 e. The van der Waals surface area contributed by atoms with Crippen molar-refractivity contribution in [2.24, 2.45) is 11.8 Å². The Balaban J connectivity index is -0.000000787. The van der Waals surface area contributed by atoms with Crippen molar-refractivity contribution in [2.45, 2.75) is 76.2 Å². The van der Waals surface area contributed by atoms with Gasteiger partial charge >= 0.3 is 5.97 Å². The molecule has 3 nitrogen and oxygen atoms in total. The molecular weight excluding hydrogens is 444 g/mol. The van der Waals surface area contributed by atoms with E-state index >= 15 is 0 Å². The summed E-state index contributed by atoms with van der Waals surface area (Å²) < 4.78 is 11.4. The second-order valence-corrected chi connectivity index (χ2v) is 6.81. The molecule has 0 aliphatic rings. The minimum absolute atomic E-state index is 0.0856. The molecule has 0 bridgehead atoms.